The average Bonchev–Trinajstić information content (AvgIpc) is 1.96. The highest BCUT2D eigenvalue weighted by Gasteiger charge is 2.53. The molecule has 17 unspecified atom stereocenters. The summed E-state index contributed by atoms with van der Waals surface area (Å²) in [7, 11) is 0. The molecule has 12 N–H and O–H groups in total. The Labute approximate surface area is 538 Å². The predicted octanol–water partition coefficient (Wildman–Crippen LogP) is 10.3. The van der Waals surface area contributed by atoms with E-state index >= 15 is 0 Å². The fraction of sp³-hybridized carbons (Fsp3) is 0.986. The fourth-order valence-electron chi connectivity index (χ4n) is 13.0. The molecule has 0 aromatic heterocycles. The molecular weight excluding hydrogens is 1140 g/mol. The summed E-state index contributed by atoms with van der Waals surface area (Å²) in [6.45, 7) is 1.85. The van der Waals surface area contributed by atoms with E-state index in [2.05, 4.69) is 19.2 Å². The Balaban J connectivity index is 1.40. The molecule has 17 atom stereocenters. The van der Waals surface area contributed by atoms with Crippen molar-refractivity contribution in [1.29, 1.82) is 0 Å². The molecule has 3 aliphatic heterocycles. The second-order valence-corrected chi connectivity index (χ2v) is 26.8. The number of aliphatic hydroxyl groups excluding tert-OH is 11. The summed E-state index contributed by atoms with van der Waals surface area (Å²) in [4.78, 5) is 13.4. The van der Waals surface area contributed by atoms with Gasteiger partial charge in [0.15, 0.2) is 18.9 Å². The van der Waals surface area contributed by atoms with Gasteiger partial charge >= 0.3 is 0 Å². The third-order valence-corrected chi connectivity index (χ3v) is 18.9. The predicted molar refractivity (Wildman–Crippen MR) is 347 cm³/mol. The van der Waals surface area contributed by atoms with E-state index < -0.39 is 124 Å². The summed E-state index contributed by atoms with van der Waals surface area (Å²) in [5.74, 6) is -0.234. The molecule has 0 radical (unpaired) electrons. The first kappa shape index (κ1) is 82.0. The lowest BCUT2D eigenvalue weighted by Gasteiger charge is -2.48. The lowest BCUT2D eigenvalue weighted by molar-refractivity contribution is -0.379. The minimum Gasteiger partial charge on any atom is -0.394 e. The number of amides is 1. The molecule has 3 aliphatic rings. The van der Waals surface area contributed by atoms with E-state index in [4.69, 9.17) is 28.4 Å². The van der Waals surface area contributed by atoms with Crippen LogP contribution < -0.4 is 5.32 Å². The normalized spacial score (nSPS) is 28.1. The van der Waals surface area contributed by atoms with Gasteiger partial charge in [-0.05, 0) is 12.8 Å². The standard InChI is InChI=1S/C70H135NO18/c1-3-5-7-9-11-13-15-17-19-21-23-24-25-26-27-28-29-30-32-34-36-38-40-42-44-46-48-58(76)71-53(54(75)47-45-43-41-39-37-35-33-31-22-20-18-16-14-12-10-8-6-4-2)52-84-68-64(82)61(79)66(56(50-73)86-68)89-70-65(83)62(80)67(57(51-74)87-70)88-69-63(81)60(78)59(77)55(49-72)85-69/h53-57,59-70,72-75,77-83H,3-52H2,1-2H3,(H,71,76). The Kier molecular flexibility index (Phi) is 48.8. The number of rotatable bonds is 58. The highest BCUT2D eigenvalue weighted by molar-refractivity contribution is 5.76. The molecule has 1 amide bonds. The van der Waals surface area contributed by atoms with E-state index in [9.17, 15) is 61.0 Å². The molecule has 89 heavy (non-hydrogen) atoms. The summed E-state index contributed by atoms with van der Waals surface area (Å²) in [6.07, 6.45) is 30.4. The molecule has 528 valence electrons. The van der Waals surface area contributed by atoms with Crippen molar-refractivity contribution in [2.45, 2.75) is 413 Å². The van der Waals surface area contributed by atoms with Gasteiger partial charge in [-0.2, -0.15) is 0 Å². The maximum absolute atomic E-state index is 13.4. The lowest BCUT2D eigenvalue weighted by atomic mass is 9.96. The fourth-order valence-corrected chi connectivity index (χ4v) is 13.0. The third kappa shape index (κ3) is 34.9. The quantitative estimate of drug-likeness (QED) is 0.0252. The second-order valence-electron chi connectivity index (χ2n) is 26.8. The Morgan fingerprint density at radius 3 is 0.978 bits per heavy atom. The minimum absolute atomic E-state index is 0.234. The van der Waals surface area contributed by atoms with Crippen LogP contribution in [0, 0.1) is 0 Å². The van der Waals surface area contributed by atoms with Crippen LogP contribution in [0.5, 0.6) is 0 Å². The number of carbonyl (C=O) groups is 1. The first-order chi connectivity index (χ1) is 43.3. The first-order valence-corrected chi connectivity index (χ1v) is 36.8. The maximum Gasteiger partial charge on any atom is 0.220 e. The SMILES string of the molecule is CCCCCCCCCCCCCCCCCCCCCCCCCCCCC(=O)NC(COC1OC(CO)C(OC2OC(CO)C(OC3OC(CO)C(O)C(O)C3O)C(O)C2O)C(O)C1O)C(O)CCCCCCCCCCCCCCCCCCCC. The van der Waals surface area contributed by atoms with Gasteiger partial charge in [0.2, 0.25) is 5.91 Å². The van der Waals surface area contributed by atoms with Gasteiger partial charge in [0.1, 0.15) is 73.2 Å². The van der Waals surface area contributed by atoms with Crippen molar-refractivity contribution in [3.63, 3.8) is 0 Å². The topological polar surface area (TPSA) is 307 Å². The van der Waals surface area contributed by atoms with Gasteiger partial charge in [0.25, 0.3) is 0 Å². The zero-order chi connectivity index (χ0) is 64.7. The van der Waals surface area contributed by atoms with E-state index in [0.29, 0.717) is 12.8 Å². The number of hydrogen-bond acceptors (Lipinski definition) is 18. The summed E-state index contributed by atoms with van der Waals surface area (Å²) >= 11 is 0. The van der Waals surface area contributed by atoms with Crippen molar-refractivity contribution in [3.8, 4) is 0 Å². The van der Waals surface area contributed by atoms with E-state index in [-0.39, 0.29) is 18.9 Å². The van der Waals surface area contributed by atoms with Crippen LogP contribution in [0.4, 0.5) is 0 Å². The summed E-state index contributed by atoms with van der Waals surface area (Å²) in [5, 5.41) is 121. The minimum atomic E-state index is -1.97. The molecule has 3 heterocycles. The second kappa shape index (κ2) is 53.0. The van der Waals surface area contributed by atoms with Crippen LogP contribution in [0.3, 0.4) is 0 Å². The molecule has 0 bridgehead atoms. The zero-order valence-electron chi connectivity index (χ0n) is 55.9. The third-order valence-electron chi connectivity index (χ3n) is 18.9. The molecule has 0 aliphatic carbocycles. The molecule has 3 fully saturated rings. The van der Waals surface area contributed by atoms with E-state index in [0.717, 1.165) is 44.9 Å². The van der Waals surface area contributed by atoms with E-state index in [1.807, 2.05) is 0 Å². The van der Waals surface area contributed by atoms with Crippen molar-refractivity contribution in [1.82, 2.24) is 5.32 Å². The van der Waals surface area contributed by atoms with Gasteiger partial charge in [0, 0.05) is 6.42 Å². The molecule has 19 nitrogen and oxygen atoms in total. The Hall–Kier alpha value is -1.21. The smallest absolute Gasteiger partial charge is 0.220 e. The highest BCUT2D eigenvalue weighted by Crippen LogP contribution is 2.33. The van der Waals surface area contributed by atoms with Gasteiger partial charge < -0.3 is 89.9 Å². The molecule has 0 aromatic carbocycles. The van der Waals surface area contributed by atoms with Gasteiger partial charge in [0.05, 0.1) is 38.6 Å². The molecule has 3 saturated heterocycles. The maximum atomic E-state index is 13.4. The van der Waals surface area contributed by atoms with Crippen LogP contribution in [-0.4, -0.2) is 193 Å². The molecular formula is C70H135NO18. The Morgan fingerprint density at radius 1 is 0.360 bits per heavy atom. The number of hydrogen-bond donors (Lipinski definition) is 12. The van der Waals surface area contributed by atoms with Crippen LogP contribution in [0.15, 0.2) is 0 Å². The molecule has 0 spiro atoms. The van der Waals surface area contributed by atoms with Crippen LogP contribution >= 0.6 is 0 Å². The summed E-state index contributed by atoms with van der Waals surface area (Å²) < 4.78 is 34.5. The molecule has 0 saturated carbocycles. The number of ether oxygens (including phenoxy) is 6. The van der Waals surface area contributed by atoms with Crippen LogP contribution in [0.2, 0.25) is 0 Å². The number of unbranched alkanes of at least 4 members (excludes halogenated alkanes) is 42. The summed E-state index contributed by atoms with van der Waals surface area (Å²) in [6, 6.07) is -0.882. The van der Waals surface area contributed by atoms with Gasteiger partial charge in [-0.15, -0.1) is 0 Å². The highest BCUT2D eigenvalue weighted by atomic mass is 16.8. The van der Waals surface area contributed by atoms with Crippen molar-refractivity contribution in [3.05, 3.63) is 0 Å². The largest absolute Gasteiger partial charge is 0.394 e. The molecule has 3 rings (SSSR count). The van der Waals surface area contributed by atoms with Crippen LogP contribution in [0.1, 0.15) is 309 Å². The Bertz CT molecular complexity index is 1620. The van der Waals surface area contributed by atoms with E-state index in [1.54, 1.807) is 0 Å². The molecule has 0 aromatic rings. The summed E-state index contributed by atoms with van der Waals surface area (Å²) in [5.41, 5.74) is 0. The first-order valence-electron chi connectivity index (χ1n) is 36.8. The number of aliphatic hydroxyl groups is 11. The average molecular weight is 1280 g/mol. The number of carbonyl (C=O) groups excluding carboxylic acids is 1. The van der Waals surface area contributed by atoms with Crippen molar-refractivity contribution in [2.24, 2.45) is 0 Å². The van der Waals surface area contributed by atoms with Gasteiger partial charge in [-0.3, -0.25) is 4.79 Å². The van der Waals surface area contributed by atoms with Crippen molar-refractivity contribution >= 4 is 5.91 Å². The van der Waals surface area contributed by atoms with E-state index in [1.165, 1.54) is 231 Å². The Morgan fingerprint density at radius 2 is 0.640 bits per heavy atom. The van der Waals surface area contributed by atoms with Crippen molar-refractivity contribution in [2.75, 3.05) is 26.4 Å². The molecule has 19 heteroatoms. The monoisotopic (exact) mass is 1280 g/mol. The van der Waals surface area contributed by atoms with Gasteiger partial charge in [-0.25, -0.2) is 0 Å². The lowest BCUT2D eigenvalue weighted by Crippen LogP contribution is -2.66. The van der Waals surface area contributed by atoms with Crippen LogP contribution in [0.25, 0.3) is 0 Å². The van der Waals surface area contributed by atoms with Crippen LogP contribution in [-0.2, 0) is 33.2 Å². The van der Waals surface area contributed by atoms with Gasteiger partial charge in [-0.1, -0.05) is 290 Å². The zero-order valence-corrected chi connectivity index (χ0v) is 55.9. The van der Waals surface area contributed by atoms with Crippen molar-refractivity contribution < 1.29 is 89.4 Å². The number of nitrogens with one attached hydrogen (secondary N) is 1.